The average molecular weight is 385 g/mol. The lowest BCUT2D eigenvalue weighted by atomic mass is 9.99. The second kappa shape index (κ2) is 6.67. The highest BCUT2D eigenvalue weighted by atomic mass is 79.9. The van der Waals surface area contributed by atoms with Crippen LogP contribution in [0, 0.1) is 17.9 Å². The van der Waals surface area contributed by atoms with Gasteiger partial charge in [-0.25, -0.2) is 11.6 Å². The summed E-state index contributed by atoms with van der Waals surface area (Å²) < 4.78 is 2.61. The molecular formula is C18H17BrN4O. The summed E-state index contributed by atoms with van der Waals surface area (Å²) in [6.07, 6.45) is 3.94. The lowest BCUT2D eigenvalue weighted by Gasteiger charge is -2.18. The fraction of sp³-hybridized carbons (Fsp3) is 0.389. The van der Waals surface area contributed by atoms with Crippen molar-refractivity contribution < 1.29 is 5.11 Å². The molecule has 1 atom stereocenters. The van der Waals surface area contributed by atoms with Crippen molar-refractivity contribution in [1.82, 2.24) is 9.55 Å². The van der Waals surface area contributed by atoms with Gasteiger partial charge in [-0.3, -0.25) is 0 Å². The molecule has 0 amide bonds. The normalized spacial score (nSPS) is 14.5. The number of aryl methyl sites for hydroxylation is 2. The van der Waals surface area contributed by atoms with Gasteiger partial charge >= 0.3 is 0 Å². The van der Waals surface area contributed by atoms with Crippen molar-refractivity contribution in [2.75, 3.05) is 0 Å². The molecule has 1 aromatic heterocycles. The molecule has 2 aromatic rings. The molecule has 0 aliphatic carbocycles. The van der Waals surface area contributed by atoms with Gasteiger partial charge in [-0.2, -0.15) is 5.26 Å². The van der Waals surface area contributed by atoms with Crippen LogP contribution in [0.4, 0.5) is 0 Å². The van der Waals surface area contributed by atoms with E-state index in [4.69, 9.17) is 11.6 Å². The summed E-state index contributed by atoms with van der Waals surface area (Å²) in [6, 6.07) is 4.79. The van der Waals surface area contributed by atoms with E-state index in [9.17, 15) is 10.4 Å². The zero-order valence-corrected chi connectivity index (χ0v) is 15.0. The van der Waals surface area contributed by atoms with E-state index in [-0.39, 0.29) is 11.3 Å². The van der Waals surface area contributed by atoms with Crippen LogP contribution in [0.1, 0.15) is 54.1 Å². The third kappa shape index (κ3) is 2.68. The Balaban J connectivity index is 2.18. The first kappa shape index (κ1) is 16.5. The first-order valence-corrected chi connectivity index (χ1v) is 8.77. The lowest BCUT2D eigenvalue weighted by molar-refractivity contribution is 0.469. The van der Waals surface area contributed by atoms with Gasteiger partial charge in [-0.1, -0.05) is 6.92 Å². The van der Waals surface area contributed by atoms with Gasteiger partial charge in [0.15, 0.2) is 0 Å². The summed E-state index contributed by atoms with van der Waals surface area (Å²) in [5, 5.41) is 19.2. The van der Waals surface area contributed by atoms with Crippen LogP contribution in [-0.2, 0) is 19.4 Å². The standard InChI is InChI=1S/C18H17BrN4O/c1-3-14-17(23-7-5-4-6-15(23)22-14)16(21-2)11-8-12(10-20)18(24)13(19)9-11/h8-9,16,24H,3-7H2,1H3. The van der Waals surface area contributed by atoms with Crippen LogP contribution in [0.2, 0.25) is 0 Å². The Kier molecular flexibility index (Phi) is 4.59. The Labute approximate surface area is 149 Å². The van der Waals surface area contributed by atoms with Crippen molar-refractivity contribution in [2.24, 2.45) is 0 Å². The van der Waals surface area contributed by atoms with Crippen molar-refractivity contribution in [1.29, 1.82) is 5.26 Å². The van der Waals surface area contributed by atoms with E-state index < -0.39 is 6.04 Å². The number of imidazole rings is 1. The molecule has 1 N–H and O–H groups in total. The minimum absolute atomic E-state index is 0.0870. The highest BCUT2D eigenvalue weighted by Gasteiger charge is 2.31. The number of hydrogen-bond acceptors (Lipinski definition) is 3. The minimum atomic E-state index is -0.525. The number of nitriles is 1. The predicted octanol–water partition coefficient (Wildman–Crippen LogP) is 4.13. The van der Waals surface area contributed by atoms with Crippen LogP contribution in [0.5, 0.6) is 5.75 Å². The van der Waals surface area contributed by atoms with Gasteiger partial charge in [0.05, 0.1) is 15.7 Å². The van der Waals surface area contributed by atoms with Gasteiger partial charge in [0.25, 0.3) is 6.04 Å². The van der Waals surface area contributed by atoms with Crippen LogP contribution < -0.4 is 0 Å². The molecule has 2 heterocycles. The molecule has 0 bridgehead atoms. The van der Waals surface area contributed by atoms with E-state index in [1.165, 1.54) is 0 Å². The predicted molar refractivity (Wildman–Crippen MR) is 93.5 cm³/mol. The number of aromatic hydroxyl groups is 1. The molecular weight excluding hydrogens is 368 g/mol. The maximum absolute atomic E-state index is 9.94. The molecule has 0 saturated carbocycles. The number of nitrogens with zero attached hydrogens (tertiary/aromatic N) is 4. The largest absolute Gasteiger partial charge is 0.505 e. The molecule has 0 spiro atoms. The first-order valence-electron chi connectivity index (χ1n) is 7.97. The summed E-state index contributed by atoms with van der Waals surface area (Å²) in [5.41, 5.74) is 2.76. The zero-order valence-electron chi connectivity index (χ0n) is 13.4. The van der Waals surface area contributed by atoms with Gasteiger partial charge in [-0.05, 0) is 47.3 Å². The topological polar surface area (TPSA) is 66.2 Å². The van der Waals surface area contributed by atoms with Crippen molar-refractivity contribution in [3.63, 3.8) is 0 Å². The maximum atomic E-state index is 9.94. The molecule has 1 aromatic carbocycles. The molecule has 0 radical (unpaired) electrons. The maximum Gasteiger partial charge on any atom is 0.290 e. The molecule has 0 saturated heterocycles. The summed E-state index contributed by atoms with van der Waals surface area (Å²) in [4.78, 5) is 8.58. The number of hydrogen-bond donors (Lipinski definition) is 1. The second-order valence-corrected chi connectivity index (χ2v) is 6.72. The van der Waals surface area contributed by atoms with Crippen LogP contribution in [0.15, 0.2) is 16.6 Å². The highest BCUT2D eigenvalue weighted by molar-refractivity contribution is 9.10. The molecule has 1 aliphatic heterocycles. The zero-order chi connectivity index (χ0) is 17.3. The van der Waals surface area contributed by atoms with Gasteiger partial charge in [0.2, 0.25) is 0 Å². The van der Waals surface area contributed by atoms with Crippen molar-refractivity contribution in [2.45, 2.75) is 45.2 Å². The molecule has 5 nitrogen and oxygen atoms in total. The smallest absolute Gasteiger partial charge is 0.290 e. The Hall–Kier alpha value is -2.31. The quantitative estimate of drug-likeness (QED) is 0.808. The van der Waals surface area contributed by atoms with Crippen molar-refractivity contribution in [3.05, 3.63) is 56.4 Å². The van der Waals surface area contributed by atoms with E-state index in [0.29, 0.717) is 10.0 Å². The van der Waals surface area contributed by atoms with E-state index in [1.807, 2.05) is 13.0 Å². The first-order chi connectivity index (χ1) is 11.6. The minimum Gasteiger partial charge on any atom is -0.505 e. The fourth-order valence-electron chi connectivity index (χ4n) is 3.28. The SMILES string of the molecule is [C-]#[N+]C(c1cc(Br)c(O)c(C#N)c1)c1c(CC)nc2n1CCCC2. The number of phenolic OH excluding ortho intramolecular Hbond substituents is 1. The Morgan fingerprint density at radius 2 is 2.29 bits per heavy atom. The fourth-order valence-corrected chi connectivity index (χ4v) is 3.76. The van der Waals surface area contributed by atoms with E-state index >= 15 is 0 Å². The monoisotopic (exact) mass is 384 g/mol. The van der Waals surface area contributed by atoms with Crippen LogP contribution >= 0.6 is 15.9 Å². The highest BCUT2D eigenvalue weighted by Crippen LogP contribution is 2.37. The number of aromatic nitrogens is 2. The average Bonchev–Trinajstić information content (AvgIpc) is 2.97. The van der Waals surface area contributed by atoms with Gasteiger partial charge < -0.3 is 14.5 Å². The van der Waals surface area contributed by atoms with Crippen LogP contribution in [0.3, 0.4) is 0 Å². The van der Waals surface area contributed by atoms with Crippen LogP contribution in [0.25, 0.3) is 4.85 Å². The summed E-state index contributed by atoms with van der Waals surface area (Å²) in [5.74, 6) is 0.969. The number of phenols is 1. The Morgan fingerprint density at radius 1 is 1.50 bits per heavy atom. The summed E-state index contributed by atoms with van der Waals surface area (Å²) in [7, 11) is 0. The van der Waals surface area contributed by atoms with Crippen molar-refractivity contribution in [3.8, 4) is 11.8 Å². The molecule has 1 unspecified atom stereocenters. The molecule has 122 valence electrons. The number of fused-ring (bicyclic) bond motifs is 1. The van der Waals surface area contributed by atoms with E-state index in [1.54, 1.807) is 12.1 Å². The van der Waals surface area contributed by atoms with Gasteiger partial charge in [0.1, 0.15) is 23.3 Å². The van der Waals surface area contributed by atoms with Gasteiger partial charge in [-0.15, -0.1) is 0 Å². The molecule has 0 fully saturated rings. The summed E-state index contributed by atoms with van der Waals surface area (Å²) >= 11 is 3.28. The number of benzene rings is 1. The third-order valence-electron chi connectivity index (χ3n) is 4.44. The Morgan fingerprint density at radius 3 is 2.96 bits per heavy atom. The van der Waals surface area contributed by atoms with E-state index in [2.05, 4.69) is 25.3 Å². The summed E-state index contributed by atoms with van der Waals surface area (Å²) in [6.45, 7) is 10.7. The third-order valence-corrected chi connectivity index (χ3v) is 5.04. The molecule has 6 heteroatoms. The van der Waals surface area contributed by atoms with Crippen molar-refractivity contribution >= 4 is 15.9 Å². The van der Waals surface area contributed by atoms with Crippen LogP contribution in [-0.4, -0.2) is 14.7 Å². The lowest BCUT2D eigenvalue weighted by Crippen LogP contribution is -2.15. The number of rotatable bonds is 3. The van der Waals surface area contributed by atoms with E-state index in [0.717, 1.165) is 49.4 Å². The number of halogens is 1. The Bertz CT molecular complexity index is 873. The second-order valence-electron chi connectivity index (χ2n) is 5.86. The van der Waals surface area contributed by atoms with Gasteiger partial charge in [0, 0.05) is 18.5 Å². The molecule has 3 rings (SSSR count). The molecule has 24 heavy (non-hydrogen) atoms. The molecule has 1 aliphatic rings.